The molecule has 0 bridgehead atoms. The Morgan fingerprint density at radius 1 is 1.25 bits per heavy atom. The molecule has 24 heavy (non-hydrogen) atoms. The first-order chi connectivity index (χ1) is 11.2. The lowest BCUT2D eigenvalue weighted by atomic mass is 9.93. The van der Waals surface area contributed by atoms with Crippen molar-refractivity contribution in [3.63, 3.8) is 0 Å². The maximum atomic E-state index is 12.4. The topological polar surface area (TPSA) is 105 Å². The zero-order chi connectivity index (χ0) is 18.1. The van der Waals surface area contributed by atoms with Crippen molar-refractivity contribution in [1.29, 1.82) is 0 Å². The average Bonchev–Trinajstić information content (AvgIpc) is 2.77. The number of imide groups is 1. The van der Waals surface area contributed by atoms with Crippen LogP contribution >= 0.6 is 23.2 Å². The van der Waals surface area contributed by atoms with Crippen LogP contribution in [-0.2, 0) is 9.59 Å². The van der Waals surface area contributed by atoms with Crippen LogP contribution in [0.2, 0.25) is 10.0 Å². The van der Waals surface area contributed by atoms with Gasteiger partial charge in [-0.1, -0.05) is 37.0 Å². The molecule has 0 unspecified atom stereocenters. The van der Waals surface area contributed by atoms with E-state index >= 15 is 0 Å². The van der Waals surface area contributed by atoms with Crippen LogP contribution in [-0.4, -0.2) is 34.8 Å². The minimum Gasteiger partial charge on any atom is -0.396 e. The van der Waals surface area contributed by atoms with Crippen molar-refractivity contribution in [3.05, 3.63) is 22.2 Å². The quantitative estimate of drug-likeness (QED) is 0.545. The number of nitrogen functional groups attached to an aromatic ring is 1. The van der Waals surface area contributed by atoms with Crippen LogP contribution < -0.4 is 16.4 Å². The second-order valence-corrected chi connectivity index (χ2v) is 6.33. The molecule has 9 heteroatoms. The maximum Gasteiger partial charge on any atom is 0.325 e. The first-order valence-electron chi connectivity index (χ1n) is 7.42. The van der Waals surface area contributed by atoms with E-state index < -0.39 is 29.9 Å². The largest absolute Gasteiger partial charge is 0.396 e. The van der Waals surface area contributed by atoms with Crippen molar-refractivity contribution in [2.45, 2.75) is 32.2 Å². The summed E-state index contributed by atoms with van der Waals surface area (Å²) in [7, 11) is 0. The lowest BCUT2D eigenvalue weighted by Gasteiger charge is -2.23. The Kier molecular flexibility index (Phi) is 5.25. The number of benzene rings is 1. The molecule has 0 saturated carbocycles. The Bertz CT molecular complexity index is 681. The molecule has 2 rings (SSSR count). The lowest BCUT2D eigenvalue weighted by Crippen LogP contribution is -2.46. The summed E-state index contributed by atoms with van der Waals surface area (Å²) in [4.78, 5) is 37.5. The SMILES string of the molecule is CCC1(CC)NC(=O)N(CC(=O)Nc2cc(Cl)c(N)c(Cl)c2)C1=O. The summed E-state index contributed by atoms with van der Waals surface area (Å²) in [5.74, 6) is -0.945. The standard InChI is InChI=1S/C15H18Cl2N4O3/c1-3-15(4-2)13(23)21(14(24)20-15)7-11(22)19-8-5-9(16)12(18)10(17)6-8/h5-6H,3-4,7,18H2,1-2H3,(H,19,22)(H,20,24). The third kappa shape index (κ3) is 3.27. The molecule has 1 heterocycles. The van der Waals surface area contributed by atoms with Gasteiger partial charge < -0.3 is 16.4 Å². The molecule has 7 nitrogen and oxygen atoms in total. The highest BCUT2D eigenvalue weighted by molar-refractivity contribution is 6.39. The predicted molar refractivity (Wildman–Crippen MR) is 93.1 cm³/mol. The highest BCUT2D eigenvalue weighted by Crippen LogP contribution is 2.31. The maximum absolute atomic E-state index is 12.4. The molecule has 1 aromatic rings. The van der Waals surface area contributed by atoms with Gasteiger partial charge in [-0.2, -0.15) is 0 Å². The van der Waals surface area contributed by atoms with Gasteiger partial charge in [-0.25, -0.2) is 4.79 Å². The van der Waals surface area contributed by atoms with Crippen molar-refractivity contribution in [2.24, 2.45) is 0 Å². The number of carbonyl (C=O) groups excluding carboxylic acids is 3. The third-order valence-corrected chi connectivity index (χ3v) is 4.74. The van der Waals surface area contributed by atoms with E-state index in [9.17, 15) is 14.4 Å². The number of halogens is 2. The van der Waals surface area contributed by atoms with Gasteiger partial charge >= 0.3 is 6.03 Å². The summed E-state index contributed by atoms with van der Waals surface area (Å²) in [6.45, 7) is 3.22. The van der Waals surface area contributed by atoms with Crippen LogP contribution in [0.4, 0.5) is 16.2 Å². The molecule has 1 aliphatic heterocycles. The van der Waals surface area contributed by atoms with Gasteiger partial charge in [0.2, 0.25) is 5.91 Å². The molecular formula is C15H18Cl2N4O3. The molecule has 0 aliphatic carbocycles. The first kappa shape index (κ1) is 18.4. The first-order valence-corrected chi connectivity index (χ1v) is 8.18. The summed E-state index contributed by atoms with van der Waals surface area (Å²) in [6, 6.07) is 2.30. The second kappa shape index (κ2) is 6.86. The molecular weight excluding hydrogens is 355 g/mol. The van der Waals surface area contributed by atoms with E-state index in [1.165, 1.54) is 12.1 Å². The van der Waals surface area contributed by atoms with Crippen LogP contribution in [0.3, 0.4) is 0 Å². The predicted octanol–water partition coefficient (Wildman–Crippen LogP) is 2.62. The van der Waals surface area contributed by atoms with Crippen molar-refractivity contribution in [3.8, 4) is 0 Å². The number of anilines is 2. The number of hydrogen-bond acceptors (Lipinski definition) is 4. The molecule has 1 fully saturated rings. The van der Waals surface area contributed by atoms with Crippen LogP contribution in [0.5, 0.6) is 0 Å². The zero-order valence-electron chi connectivity index (χ0n) is 13.3. The third-order valence-electron chi connectivity index (χ3n) is 4.12. The van der Waals surface area contributed by atoms with Gasteiger partial charge in [0.1, 0.15) is 12.1 Å². The summed E-state index contributed by atoms with van der Waals surface area (Å²) in [6.07, 6.45) is 0.907. The molecule has 4 amide bonds. The highest BCUT2D eigenvalue weighted by Gasteiger charge is 2.49. The fourth-order valence-corrected chi connectivity index (χ4v) is 3.04. The Balaban J connectivity index is 2.10. The average molecular weight is 373 g/mol. The fourth-order valence-electron chi connectivity index (χ4n) is 2.55. The molecule has 1 aromatic carbocycles. The van der Waals surface area contributed by atoms with Crippen LogP contribution in [0.1, 0.15) is 26.7 Å². The minimum absolute atomic E-state index is 0.198. The van der Waals surface area contributed by atoms with Crippen molar-refractivity contribution >= 4 is 52.4 Å². The lowest BCUT2D eigenvalue weighted by molar-refractivity contribution is -0.134. The Hall–Kier alpha value is -1.99. The van der Waals surface area contributed by atoms with E-state index in [1.54, 1.807) is 0 Å². The summed E-state index contributed by atoms with van der Waals surface area (Å²) in [5.41, 5.74) is 5.23. The van der Waals surface area contributed by atoms with Gasteiger partial charge in [-0.15, -0.1) is 0 Å². The summed E-state index contributed by atoms with van der Waals surface area (Å²) >= 11 is 11.8. The zero-order valence-corrected chi connectivity index (χ0v) is 14.8. The molecule has 1 aliphatic rings. The van der Waals surface area contributed by atoms with Gasteiger partial charge in [-0.3, -0.25) is 14.5 Å². The number of rotatable bonds is 5. The van der Waals surface area contributed by atoms with E-state index in [4.69, 9.17) is 28.9 Å². The Morgan fingerprint density at radius 3 is 2.25 bits per heavy atom. The van der Waals surface area contributed by atoms with Crippen LogP contribution in [0.15, 0.2) is 12.1 Å². The van der Waals surface area contributed by atoms with Gasteiger partial charge in [0.15, 0.2) is 0 Å². The smallest absolute Gasteiger partial charge is 0.325 e. The number of nitrogens with zero attached hydrogens (tertiary/aromatic N) is 1. The Labute approximate surface area is 149 Å². The molecule has 0 radical (unpaired) electrons. The van der Waals surface area contributed by atoms with E-state index in [0.717, 1.165) is 4.90 Å². The summed E-state index contributed by atoms with van der Waals surface area (Å²) in [5, 5.41) is 5.60. The van der Waals surface area contributed by atoms with Gasteiger partial charge in [0, 0.05) is 5.69 Å². The number of amides is 4. The number of hydrogen-bond donors (Lipinski definition) is 3. The normalized spacial score (nSPS) is 16.2. The monoisotopic (exact) mass is 372 g/mol. The van der Waals surface area contributed by atoms with Gasteiger partial charge in [-0.05, 0) is 25.0 Å². The van der Waals surface area contributed by atoms with Crippen molar-refractivity contribution in [2.75, 3.05) is 17.6 Å². The van der Waals surface area contributed by atoms with Gasteiger partial charge in [0.05, 0.1) is 15.7 Å². The van der Waals surface area contributed by atoms with Crippen LogP contribution in [0, 0.1) is 0 Å². The Morgan fingerprint density at radius 2 is 1.79 bits per heavy atom. The molecule has 0 spiro atoms. The number of nitrogens with one attached hydrogen (secondary N) is 2. The molecule has 130 valence electrons. The second-order valence-electron chi connectivity index (χ2n) is 5.51. The van der Waals surface area contributed by atoms with E-state index in [1.807, 2.05) is 13.8 Å². The van der Waals surface area contributed by atoms with E-state index in [0.29, 0.717) is 18.5 Å². The van der Waals surface area contributed by atoms with E-state index in [2.05, 4.69) is 10.6 Å². The molecule has 0 atom stereocenters. The van der Waals surface area contributed by atoms with Crippen LogP contribution in [0.25, 0.3) is 0 Å². The van der Waals surface area contributed by atoms with Crippen molar-refractivity contribution in [1.82, 2.24) is 10.2 Å². The van der Waals surface area contributed by atoms with E-state index in [-0.39, 0.29) is 15.7 Å². The minimum atomic E-state index is -0.939. The fraction of sp³-hybridized carbons (Fsp3) is 0.400. The number of urea groups is 1. The van der Waals surface area contributed by atoms with Gasteiger partial charge in [0.25, 0.3) is 5.91 Å². The van der Waals surface area contributed by atoms with Crippen molar-refractivity contribution < 1.29 is 14.4 Å². The molecule has 1 saturated heterocycles. The number of nitrogens with two attached hydrogens (primary N) is 1. The highest BCUT2D eigenvalue weighted by atomic mass is 35.5. The molecule has 4 N–H and O–H groups in total. The molecule has 0 aromatic heterocycles. The number of carbonyl (C=O) groups is 3. The summed E-state index contributed by atoms with van der Waals surface area (Å²) < 4.78 is 0.